The predicted molar refractivity (Wildman–Crippen MR) is 83.6 cm³/mol. The highest BCUT2D eigenvalue weighted by Gasteiger charge is 2.17. The van der Waals surface area contributed by atoms with Gasteiger partial charge in [-0.2, -0.15) is 5.10 Å². The van der Waals surface area contributed by atoms with E-state index < -0.39 is 0 Å². The highest BCUT2D eigenvalue weighted by Crippen LogP contribution is 2.29. The highest BCUT2D eigenvalue weighted by molar-refractivity contribution is 6.32. The van der Waals surface area contributed by atoms with Gasteiger partial charge in [0.05, 0.1) is 18.3 Å². The van der Waals surface area contributed by atoms with E-state index >= 15 is 0 Å². The molecule has 0 atom stereocenters. The molecular weight excluding hydrogens is 288 g/mol. The van der Waals surface area contributed by atoms with Gasteiger partial charge in [-0.1, -0.05) is 24.4 Å². The summed E-state index contributed by atoms with van der Waals surface area (Å²) in [5.74, 6) is 0.688. The Hall–Kier alpha value is -1.82. The first-order chi connectivity index (χ1) is 10.3. The summed E-state index contributed by atoms with van der Waals surface area (Å²) in [6.45, 7) is 0.613. The van der Waals surface area contributed by atoms with Crippen molar-refractivity contribution in [2.45, 2.75) is 38.3 Å². The number of rotatable bonds is 5. The zero-order valence-corrected chi connectivity index (χ0v) is 12.8. The largest absolute Gasteiger partial charge is 0.383 e. The monoisotopic (exact) mass is 306 g/mol. The van der Waals surface area contributed by atoms with Crippen LogP contribution in [0.3, 0.4) is 0 Å². The van der Waals surface area contributed by atoms with Gasteiger partial charge in [-0.05, 0) is 18.9 Å². The molecule has 1 saturated carbocycles. The summed E-state index contributed by atoms with van der Waals surface area (Å²) in [6, 6.07) is 2.62. The van der Waals surface area contributed by atoms with Crippen LogP contribution in [0, 0.1) is 0 Å². The fraction of sp³-hybridized carbons (Fsp3) is 0.500. The molecule has 0 spiro atoms. The maximum Gasteiger partial charge on any atom is 0.157 e. The lowest BCUT2D eigenvalue weighted by atomic mass is 10.3. The van der Waals surface area contributed by atoms with Crippen LogP contribution in [0.1, 0.15) is 37.4 Å². The number of halogens is 1. The van der Waals surface area contributed by atoms with Crippen LogP contribution in [-0.2, 0) is 6.54 Å². The summed E-state index contributed by atoms with van der Waals surface area (Å²) >= 11 is 6.03. The van der Waals surface area contributed by atoms with Gasteiger partial charge in [0.25, 0.3) is 0 Å². The van der Waals surface area contributed by atoms with Crippen LogP contribution < -0.4 is 10.6 Å². The van der Waals surface area contributed by atoms with E-state index in [0.717, 1.165) is 5.69 Å². The molecule has 2 N–H and O–H groups in total. The number of hydrogen-bond acceptors (Lipinski definition) is 5. The van der Waals surface area contributed by atoms with Crippen molar-refractivity contribution in [1.82, 2.24) is 19.7 Å². The minimum absolute atomic E-state index is 0.409. The first-order valence-corrected chi connectivity index (χ1v) is 7.62. The molecule has 1 aliphatic rings. The van der Waals surface area contributed by atoms with Gasteiger partial charge in [-0.25, -0.2) is 9.97 Å². The van der Waals surface area contributed by atoms with Crippen LogP contribution in [0.15, 0.2) is 18.6 Å². The van der Waals surface area contributed by atoms with Crippen LogP contribution in [0.25, 0.3) is 0 Å². The molecule has 6 nitrogen and oxygen atoms in total. The van der Waals surface area contributed by atoms with Crippen molar-refractivity contribution in [1.29, 1.82) is 0 Å². The van der Waals surface area contributed by atoms with E-state index in [4.69, 9.17) is 11.6 Å². The van der Waals surface area contributed by atoms with Crippen molar-refractivity contribution in [2.75, 3.05) is 17.7 Å². The summed E-state index contributed by atoms with van der Waals surface area (Å²) < 4.78 is 2.09. The van der Waals surface area contributed by atoms with Gasteiger partial charge in [-0.3, -0.25) is 4.68 Å². The molecule has 0 radical (unpaired) electrons. The van der Waals surface area contributed by atoms with E-state index in [9.17, 15) is 0 Å². The van der Waals surface area contributed by atoms with E-state index in [1.807, 2.05) is 6.07 Å². The SMILES string of the molecule is CNc1c(Cl)ncnc1NCc1ccn(C2CCCC2)n1. The molecule has 1 fully saturated rings. The molecule has 2 aromatic rings. The van der Waals surface area contributed by atoms with Crippen molar-refractivity contribution in [3.8, 4) is 0 Å². The smallest absolute Gasteiger partial charge is 0.157 e. The number of nitrogens with zero attached hydrogens (tertiary/aromatic N) is 4. The Morgan fingerprint density at radius 3 is 2.90 bits per heavy atom. The van der Waals surface area contributed by atoms with Crippen molar-refractivity contribution in [3.05, 3.63) is 29.4 Å². The molecule has 2 aromatic heterocycles. The molecule has 0 unspecified atom stereocenters. The van der Waals surface area contributed by atoms with Crippen molar-refractivity contribution < 1.29 is 0 Å². The van der Waals surface area contributed by atoms with E-state index in [1.165, 1.54) is 32.0 Å². The van der Waals surface area contributed by atoms with Gasteiger partial charge in [0.2, 0.25) is 0 Å². The topological polar surface area (TPSA) is 67.7 Å². The predicted octanol–water partition coefficient (Wildman–Crippen LogP) is 3.10. The molecule has 0 aliphatic heterocycles. The second-order valence-electron chi connectivity index (χ2n) is 5.22. The lowest BCUT2D eigenvalue weighted by molar-refractivity contribution is 0.463. The van der Waals surface area contributed by atoms with E-state index in [0.29, 0.717) is 29.2 Å². The quantitative estimate of drug-likeness (QED) is 0.831. The van der Waals surface area contributed by atoms with Gasteiger partial charge >= 0.3 is 0 Å². The Balaban J connectivity index is 1.66. The Morgan fingerprint density at radius 1 is 1.33 bits per heavy atom. The molecule has 0 aromatic carbocycles. The molecule has 21 heavy (non-hydrogen) atoms. The zero-order valence-electron chi connectivity index (χ0n) is 12.0. The average molecular weight is 307 g/mol. The summed E-state index contributed by atoms with van der Waals surface area (Å²) in [7, 11) is 1.80. The zero-order chi connectivity index (χ0) is 14.7. The maximum absolute atomic E-state index is 6.03. The Kier molecular flexibility index (Phi) is 4.24. The van der Waals surface area contributed by atoms with E-state index in [2.05, 4.69) is 36.6 Å². The summed E-state index contributed by atoms with van der Waals surface area (Å²) in [6.07, 6.45) is 8.60. The van der Waals surface area contributed by atoms with E-state index in [-0.39, 0.29) is 0 Å². The van der Waals surface area contributed by atoms with Crippen LogP contribution >= 0.6 is 11.6 Å². The Bertz CT molecular complexity index is 605. The van der Waals surface area contributed by atoms with Crippen LogP contribution in [-0.4, -0.2) is 26.8 Å². The fourth-order valence-corrected chi connectivity index (χ4v) is 2.97. The van der Waals surface area contributed by atoms with Gasteiger partial charge in [0.1, 0.15) is 12.0 Å². The van der Waals surface area contributed by atoms with Gasteiger partial charge in [0.15, 0.2) is 11.0 Å². The maximum atomic E-state index is 6.03. The van der Waals surface area contributed by atoms with Crippen molar-refractivity contribution in [3.63, 3.8) is 0 Å². The van der Waals surface area contributed by atoms with Gasteiger partial charge in [0, 0.05) is 13.2 Å². The normalized spacial score (nSPS) is 15.3. The number of nitrogens with one attached hydrogen (secondary N) is 2. The first-order valence-electron chi connectivity index (χ1n) is 7.24. The molecule has 3 rings (SSSR count). The van der Waals surface area contributed by atoms with Crippen LogP contribution in [0.5, 0.6) is 0 Å². The molecule has 1 aliphatic carbocycles. The molecule has 0 amide bonds. The summed E-state index contributed by atoms with van der Waals surface area (Å²) in [5.41, 5.74) is 1.70. The minimum atomic E-state index is 0.409. The first kappa shape index (κ1) is 14.1. The van der Waals surface area contributed by atoms with E-state index in [1.54, 1.807) is 7.05 Å². The lowest BCUT2D eigenvalue weighted by Gasteiger charge is -2.11. The van der Waals surface area contributed by atoms with Crippen molar-refractivity contribution >= 4 is 23.1 Å². The summed E-state index contributed by atoms with van der Waals surface area (Å²) in [5, 5.41) is 11.3. The van der Waals surface area contributed by atoms with Crippen LogP contribution in [0.4, 0.5) is 11.5 Å². The molecule has 2 heterocycles. The fourth-order valence-electron chi connectivity index (χ4n) is 2.74. The number of anilines is 2. The minimum Gasteiger partial charge on any atom is -0.383 e. The standard InChI is InChI=1S/C14H19ClN6/c1-16-12-13(15)18-9-19-14(12)17-8-10-6-7-21(20-10)11-4-2-3-5-11/h6-7,9,11,16H,2-5,8H2,1H3,(H,17,18,19). The molecule has 7 heteroatoms. The van der Waals surface area contributed by atoms with Gasteiger partial charge < -0.3 is 10.6 Å². The highest BCUT2D eigenvalue weighted by atomic mass is 35.5. The van der Waals surface area contributed by atoms with Gasteiger partial charge in [-0.15, -0.1) is 0 Å². The Labute approximate surface area is 128 Å². The van der Waals surface area contributed by atoms with Crippen LogP contribution in [0.2, 0.25) is 5.15 Å². The molecule has 0 bridgehead atoms. The lowest BCUT2D eigenvalue weighted by Crippen LogP contribution is -2.09. The second-order valence-corrected chi connectivity index (χ2v) is 5.58. The van der Waals surface area contributed by atoms with Crippen molar-refractivity contribution in [2.24, 2.45) is 0 Å². The summed E-state index contributed by atoms with van der Waals surface area (Å²) in [4.78, 5) is 8.16. The third-order valence-corrected chi connectivity index (χ3v) is 4.14. The number of hydrogen-bond donors (Lipinski definition) is 2. The second kappa shape index (κ2) is 6.30. The molecular formula is C14H19ClN6. The Morgan fingerprint density at radius 2 is 2.14 bits per heavy atom. The molecule has 0 saturated heterocycles. The molecule has 112 valence electrons. The average Bonchev–Trinajstić information content (AvgIpc) is 3.16. The third-order valence-electron chi connectivity index (χ3n) is 3.85. The number of aromatic nitrogens is 4. The third kappa shape index (κ3) is 3.10.